The first-order valence-corrected chi connectivity index (χ1v) is 4.14. The molecule has 2 rings (SSSR count). The van der Waals surface area contributed by atoms with E-state index >= 15 is 0 Å². The standard InChI is InChI=1S/C10H8F2N2/c1-6-5-13-10(14-6)7-3-2-4-8(11)9(7)12/h2-5H,1H3,(H,13,14). The number of imidazole rings is 1. The number of benzene rings is 1. The maximum atomic E-state index is 13.3. The fourth-order valence-electron chi connectivity index (χ4n) is 1.24. The highest BCUT2D eigenvalue weighted by Crippen LogP contribution is 2.21. The van der Waals surface area contributed by atoms with Gasteiger partial charge in [0.1, 0.15) is 5.82 Å². The largest absolute Gasteiger partial charge is 0.342 e. The Morgan fingerprint density at radius 1 is 1.29 bits per heavy atom. The molecule has 4 heteroatoms. The Hall–Kier alpha value is -1.71. The fraction of sp³-hybridized carbons (Fsp3) is 0.100. The van der Waals surface area contributed by atoms with Crippen LogP contribution < -0.4 is 0 Å². The normalized spacial score (nSPS) is 10.5. The Balaban J connectivity index is 2.57. The van der Waals surface area contributed by atoms with Crippen LogP contribution >= 0.6 is 0 Å². The van der Waals surface area contributed by atoms with Crippen LogP contribution in [0.25, 0.3) is 11.4 Å². The van der Waals surface area contributed by atoms with Crippen LogP contribution in [0.3, 0.4) is 0 Å². The Kier molecular flexibility index (Phi) is 2.04. The molecule has 0 spiro atoms. The summed E-state index contributed by atoms with van der Waals surface area (Å²) in [6, 6.07) is 4.01. The van der Waals surface area contributed by atoms with Gasteiger partial charge >= 0.3 is 0 Å². The van der Waals surface area contributed by atoms with E-state index in [0.29, 0.717) is 5.82 Å². The van der Waals surface area contributed by atoms with Gasteiger partial charge in [0.25, 0.3) is 0 Å². The molecular formula is C10H8F2N2. The van der Waals surface area contributed by atoms with Crippen molar-refractivity contribution in [2.24, 2.45) is 0 Å². The van der Waals surface area contributed by atoms with E-state index in [-0.39, 0.29) is 5.56 Å². The minimum absolute atomic E-state index is 0.151. The number of nitrogens with one attached hydrogen (secondary N) is 1. The van der Waals surface area contributed by atoms with E-state index in [1.807, 2.05) is 0 Å². The van der Waals surface area contributed by atoms with E-state index in [2.05, 4.69) is 9.97 Å². The topological polar surface area (TPSA) is 28.7 Å². The molecular weight excluding hydrogens is 186 g/mol. The van der Waals surface area contributed by atoms with Gasteiger partial charge in [-0.2, -0.15) is 0 Å². The predicted molar refractivity (Wildman–Crippen MR) is 48.7 cm³/mol. The molecule has 1 heterocycles. The third-order valence-corrected chi connectivity index (χ3v) is 1.91. The predicted octanol–water partition coefficient (Wildman–Crippen LogP) is 2.66. The summed E-state index contributed by atoms with van der Waals surface area (Å²) >= 11 is 0. The Bertz CT molecular complexity index is 463. The lowest BCUT2D eigenvalue weighted by atomic mass is 10.2. The molecule has 0 aliphatic rings. The van der Waals surface area contributed by atoms with Crippen molar-refractivity contribution in [3.05, 3.63) is 41.7 Å². The number of rotatable bonds is 1. The highest BCUT2D eigenvalue weighted by atomic mass is 19.2. The van der Waals surface area contributed by atoms with Crippen molar-refractivity contribution >= 4 is 0 Å². The van der Waals surface area contributed by atoms with Gasteiger partial charge in [0.2, 0.25) is 0 Å². The fourth-order valence-corrected chi connectivity index (χ4v) is 1.24. The maximum absolute atomic E-state index is 13.3. The first-order valence-electron chi connectivity index (χ1n) is 4.14. The van der Waals surface area contributed by atoms with Crippen molar-refractivity contribution in [2.45, 2.75) is 6.92 Å². The third-order valence-electron chi connectivity index (χ3n) is 1.91. The molecule has 0 amide bonds. The summed E-state index contributed by atoms with van der Waals surface area (Å²) in [7, 11) is 0. The van der Waals surface area contributed by atoms with Gasteiger partial charge in [0.05, 0.1) is 5.56 Å². The molecule has 14 heavy (non-hydrogen) atoms. The third kappa shape index (κ3) is 1.39. The van der Waals surface area contributed by atoms with Crippen molar-refractivity contribution in [1.82, 2.24) is 9.97 Å². The molecule has 0 bridgehead atoms. The van der Waals surface area contributed by atoms with Crippen molar-refractivity contribution < 1.29 is 8.78 Å². The molecule has 0 radical (unpaired) electrons. The van der Waals surface area contributed by atoms with Gasteiger partial charge in [-0.25, -0.2) is 13.8 Å². The number of H-pyrrole nitrogens is 1. The van der Waals surface area contributed by atoms with Crippen LogP contribution in [0.5, 0.6) is 0 Å². The summed E-state index contributed by atoms with van der Waals surface area (Å²) in [4.78, 5) is 6.77. The van der Waals surface area contributed by atoms with E-state index in [4.69, 9.17) is 0 Å². The lowest BCUT2D eigenvalue weighted by Gasteiger charge is -1.99. The lowest BCUT2D eigenvalue weighted by Crippen LogP contribution is -1.90. The molecule has 0 aliphatic heterocycles. The zero-order valence-electron chi connectivity index (χ0n) is 7.51. The van der Waals surface area contributed by atoms with Crippen LogP contribution in [0.1, 0.15) is 5.69 Å². The van der Waals surface area contributed by atoms with Gasteiger partial charge in [-0.15, -0.1) is 0 Å². The Morgan fingerprint density at radius 2 is 2.07 bits per heavy atom. The van der Waals surface area contributed by atoms with Crippen molar-refractivity contribution in [3.63, 3.8) is 0 Å². The average molecular weight is 194 g/mol. The van der Waals surface area contributed by atoms with E-state index in [1.165, 1.54) is 12.1 Å². The monoisotopic (exact) mass is 194 g/mol. The average Bonchev–Trinajstić information content (AvgIpc) is 2.57. The van der Waals surface area contributed by atoms with Crippen LogP contribution in [0, 0.1) is 18.6 Å². The first-order chi connectivity index (χ1) is 6.68. The molecule has 0 atom stereocenters. The number of aromatic amines is 1. The number of hydrogen-bond donors (Lipinski definition) is 1. The first kappa shape index (κ1) is 8.87. The second-order valence-corrected chi connectivity index (χ2v) is 3.02. The van der Waals surface area contributed by atoms with E-state index in [0.717, 1.165) is 11.8 Å². The smallest absolute Gasteiger partial charge is 0.169 e. The zero-order valence-corrected chi connectivity index (χ0v) is 7.51. The molecule has 2 aromatic rings. The van der Waals surface area contributed by atoms with Crippen molar-refractivity contribution in [3.8, 4) is 11.4 Å². The second-order valence-electron chi connectivity index (χ2n) is 3.02. The second kappa shape index (κ2) is 3.21. The summed E-state index contributed by atoms with van der Waals surface area (Å²) in [5.74, 6) is -1.39. The van der Waals surface area contributed by atoms with Gasteiger partial charge in [-0.3, -0.25) is 0 Å². The molecule has 72 valence electrons. The molecule has 0 aliphatic carbocycles. The minimum atomic E-state index is -0.873. The molecule has 0 fully saturated rings. The number of aryl methyl sites for hydroxylation is 1. The number of hydrogen-bond acceptors (Lipinski definition) is 1. The summed E-state index contributed by atoms with van der Waals surface area (Å²) in [5.41, 5.74) is 0.960. The van der Waals surface area contributed by atoms with Crippen LogP contribution in [-0.4, -0.2) is 9.97 Å². The Morgan fingerprint density at radius 3 is 2.71 bits per heavy atom. The van der Waals surface area contributed by atoms with Crippen molar-refractivity contribution in [2.75, 3.05) is 0 Å². The molecule has 0 unspecified atom stereocenters. The summed E-state index contributed by atoms with van der Waals surface area (Å²) in [6.45, 7) is 1.80. The van der Waals surface area contributed by atoms with E-state index in [9.17, 15) is 8.78 Å². The molecule has 1 aromatic carbocycles. The molecule has 2 nitrogen and oxygen atoms in total. The van der Waals surface area contributed by atoms with Gasteiger partial charge in [-0.1, -0.05) is 6.07 Å². The van der Waals surface area contributed by atoms with Gasteiger partial charge in [-0.05, 0) is 19.1 Å². The Labute approximate surface area is 79.6 Å². The minimum Gasteiger partial charge on any atom is -0.342 e. The molecule has 1 N–H and O–H groups in total. The highest BCUT2D eigenvalue weighted by molar-refractivity contribution is 5.56. The molecule has 0 saturated carbocycles. The number of aromatic nitrogens is 2. The van der Waals surface area contributed by atoms with Crippen LogP contribution in [0.2, 0.25) is 0 Å². The van der Waals surface area contributed by atoms with Crippen LogP contribution in [0.15, 0.2) is 24.4 Å². The summed E-state index contributed by atoms with van der Waals surface area (Å²) in [5, 5.41) is 0. The zero-order chi connectivity index (χ0) is 10.1. The highest BCUT2D eigenvalue weighted by Gasteiger charge is 2.11. The lowest BCUT2D eigenvalue weighted by molar-refractivity contribution is 0.510. The van der Waals surface area contributed by atoms with Gasteiger partial charge in [0, 0.05) is 11.9 Å². The quantitative estimate of drug-likeness (QED) is 0.742. The van der Waals surface area contributed by atoms with Crippen LogP contribution in [0.4, 0.5) is 8.78 Å². The molecule has 0 saturated heterocycles. The van der Waals surface area contributed by atoms with E-state index in [1.54, 1.807) is 13.1 Å². The van der Waals surface area contributed by atoms with E-state index < -0.39 is 11.6 Å². The summed E-state index contributed by atoms with van der Waals surface area (Å²) in [6.07, 6.45) is 1.57. The maximum Gasteiger partial charge on any atom is 0.169 e. The number of nitrogens with zero attached hydrogens (tertiary/aromatic N) is 1. The van der Waals surface area contributed by atoms with Gasteiger partial charge in [0.15, 0.2) is 11.6 Å². The van der Waals surface area contributed by atoms with Crippen molar-refractivity contribution in [1.29, 1.82) is 0 Å². The van der Waals surface area contributed by atoms with Gasteiger partial charge < -0.3 is 4.98 Å². The molecule has 1 aromatic heterocycles. The summed E-state index contributed by atoms with van der Waals surface area (Å²) < 4.78 is 26.1. The SMILES string of the molecule is Cc1cnc(-c2cccc(F)c2F)[nH]1. The van der Waals surface area contributed by atoms with Crippen LogP contribution in [-0.2, 0) is 0 Å². The number of halogens is 2.